The van der Waals surface area contributed by atoms with E-state index < -0.39 is 11.7 Å². The predicted molar refractivity (Wildman–Crippen MR) is 71.8 cm³/mol. The minimum atomic E-state index is -4.34. The Bertz CT molecular complexity index is 390. The summed E-state index contributed by atoms with van der Waals surface area (Å²) in [6.45, 7) is 4.00. The third-order valence-corrected chi connectivity index (χ3v) is 3.27. The van der Waals surface area contributed by atoms with Crippen molar-refractivity contribution in [1.82, 2.24) is 0 Å². The van der Waals surface area contributed by atoms with Crippen LogP contribution >= 0.6 is 15.9 Å². The van der Waals surface area contributed by atoms with Crippen LogP contribution in [0.1, 0.15) is 38.7 Å². The zero-order chi connectivity index (χ0) is 13.8. The number of nitrogens with one attached hydrogen (secondary N) is 1. The molecule has 1 rings (SSSR count). The van der Waals surface area contributed by atoms with Gasteiger partial charge in [-0.05, 0) is 31.0 Å². The number of rotatable bonds is 5. The molecule has 0 spiro atoms. The lowest BCUT2D eigenvalue weighted by Crippen LogP contribution is -2.20. The molecular formula is C13H17BrF3N. The van der Waals surface area contributed by atoms with Gasteiger partial charge in [0.1, 0.15) is 0 Å². The van der Waals surface area contributed by atoms with Gasteiger partial charge in [0, 0.05) is 16.2 Å². The standard InChI is InChI=1S/C13H17BrF3N/c1-3-5-10(4-2)18-12-7-6-9(14)8-11(12)13(15,16)17/h6-8,10,18H,3-5H2,1-2H3. The number of benzene rings is 1. The van der Waals surface area contributed by atoms with Crippen molar-refractivity contribution >= 4 is 21.6 Å². The lowest BCUT2D eigenvalue weighted by atomic mass is 10.1. The molecule has 1 aromatic rings. The molecule has 0 aliphatic carbocycles. The van der Waals surface area contributed by atoms with Crippen molar-refractivity contribution in [1.29, 1.82) is 0 Å². The fourth-order valence-electron chi connectivity index (χ4n) is 1.82. The summed E-state index contributed by atoms with van der Waals surface area (Å²) in [5, 5.41) is 2.99. The SMILES string of the molecule is CCCC(CC)Nc1ccc(Br)cc1C(F)(F)F. The van der Waals surface area contributed by atoms with E-state index in [0.717, 1.165) is 25.3 Å². The zero-order valence-corrected chi connectivity index (χ0v) is 12.0. The van der Waals surface area contributed by atoms with E-state index in [9.17, 15) is 13.2 Å². The Balaban J connectivity index is 3.01. The molecule has 1 aromatic carbocycles. The largest absolute Gasteiger partial charge is 0.418 e. The highest BCUT2D eigenvalue weighted by Crippen LogP contribution is 2.37. The average Bonchev–Trinajstić information content (AvgIpc) is 2.29. The molecule has 0 fully saturated rings. The Morgan fingerprint density at radius 1 is 1.28 bits per heavy atom. The first kappa shape index (κ1) is 15.3. The van der Waals surface area contributed by atoms with Gasteiger partial charge < -0.3 is 5.32 Å². The Morgan fingerprint density at radius 2 is 1.94 bits per heavy atom. The Kier molecular flexibility index (Phi) is 5.50. The van der Waals surface area contributed by atoms with Crippen LogP contribution in [0.25, 0.3) is 0 Å². The summed E-state index contributed by atoms with van der Waals surface area (Å²) in [5.41, 5.74) is -0.461. The summed E-state index contributed by atoms with van der Waals surface area (Å²) < 4.78 is 39.2. The Hall–Kier alpha value is -0.710. The van der Waals surface area contributed by atoms with Crippen LogP contribution < -0.4 is 5.32 Å². The van der Waals surface area contributed by atoms with E-state index in [4.69, 9.17) is 0 Å². The molecule has 1 unspecified atom stereocenters. The van der Waals surface area contributed by atoms with Gasteiger partial charge in [-0.15, -0.1) is 0 Å². The van der Waals surface area contributed by atoms with E-state index in [1.54, 1.807) is 6.07 Å². The van der Waals surface area contributed by atoms with E-state index in [1.807, 2.05) is 13.8 Å². The number of hydrogen-bond donors (Lipinski definition) is 1. The van der Waals surface area contributed by atoms with Crippen molar-refractivity contribution in [2.24, 2.45) is 0 Å². The molecule has 1 N–H and O–H groups in total. The van der Waals surface area contributed by atoms with Gasteiger partial charge in [0.25, 0.3) is 0 Å². The molecule has 0 bridgehead atoms. The van der Waals surface area contributed by atoms with E-state index >= 15 is 0 Å². The molecule has 102 valence electrons. The van der Waals surface area contributed by atoms with E-state index in [1.165, 1.54) is 6.07 Å². The number of halogens is 4. The van der Waals surface area contributed by atoms with Crippen molar-refractivity contribution in [2.75, 3.05) is 5.32 Å². The summed E-state index contributed by atoms with van der Waals surface area (Å²) >= 11 is 3.08. The van der Waals surface area contributed by atoms with Crippen LogP contribution in [0.5, 0.6) is 0 Å². The van der Waals surface area contributed by atoms with E-state index in [0.29, 0.717) is 4.47 Å². The molecule has 0 saturated heterocycles. The first-order chi connectivity index (χ1) is 8.38. The number of anilines is 1. The van der Waals surface area contributed by atoms with Crippen LogP contribution in [-0.2, 0) is 6.18 Å². The Labute approximate surface area is 114 Å². The molecule has 0 aliphatic heterocycles. The molecule has 0 radical (unpaired) electrons. The topological polar surface area (TPSA) is 12.0 Å². The van der Waals surface area contributed by atoms with Gasteiger partial charge in [-0.1, -0.05) is 36.2 Å². The second-order valence-corrected chi connectivity index (χ2v) is 5.14. The quantitative estimate of drug-likeness (QED) is 0.758. The second-order valence-electron chi connectivity index (χ2n) is 4.23. The molecule has 0 aromatic heterocycles. The lowest BCUT2D eigenvalue weighted by molar-refractivity contribution is -0.137. The molecule has 0 amide bonds. The highest BCUT2D eigenvalue weighted by molar-refractivity contribution is 9.10. The third-order valence-electron chi connectivity index (χ3n) is 2.78. The molecular weight excluding hydrogens is 307 g/mol. The van der Waals surface area contributed by atoms with Crippen LogP contribution in [0, 0.1) is 0 Å². The van der Waals surface area contributed by atoms with Gasteiger partial charge in [0.2, 0.25) is 0 Å². The van der Waals surface area contributed by atoms with Gasteiger partial charge in [0.15, 0.2) is 0 Å². The lowest BCUT2D eigenvalue weighted by Gasteiger charge is -2.21. The van der Waals surface area contributed by atoms with Gasteiger partial charge >= 0.3 is 6.18 Å². The molecule has 1 atom stereocenters. The van der Waals surface area contributed by atoms with Crippen LogP contribution in [0.2, 0.25) is 0 Å². The smallest absolute Gasteiger partial charge is 0.382 e. The maximum Gasteiger partial charge on any atom is 0.418 e. The summed E-state index contributed by atoms with van der Waals surface area (Å²) in [6.07, 6.45) is -1.72. The summed E-state index contributed by atoms with van der Waals surface area (Å²) in [6, 6.07) is 4.29. The van der Waals surface area contributed by atoms with Crippen LogP contribution in [0.15, 0.2) is 22.7 Å². The van der Waals surface area contributed by atoms with Crippen molar-refractivity contribution in [2.45, 2.75) is 45.3 Å². The minimum absolute atomic E-state index is 0.0808. The van der Waals surface area contributed by atoms with Crippen molar-refractivity contribution < 1.29 is 13.2 Å². The predicted octanol–water partition coefficient (Wildman–Crippen LogP) is 5.46. The molecule has 1 nitrogen and oxygen atoms in total. The van der Waals surface area contributed by atoms with Crippen molar-refractivity contribution in [3.05, 3.63) is 28.2 Å². The van der Waals surface area contributed by atoms with Crippen molar-refractivity contribution in [3.8, 4) is 0 Å². The average molecular weight is 324 g/mol. The minimum Gasteiger partial charge on any atom is -0.382 e. The van der Waals surface area contributed by atoms with Crippen molar-refractivity contribution in [3.63, 3.8) is 0 Å². The maximum atomic E-state index is 12.9. The van der Waals surface area contributed by atoms with Gasteiger partial charge in [-0.2, -0.15) is 13.2 Å². The van der Waals surface area contributed by atoms with E-state index in [-0.39, 0.29) is 11.7 Å². The highest BCUT2D eigenvalue weighted by atomic mass is 79.9. The fraction of sp³-hybridized carbons (Fsp3) is 0.538. The summed E-state index contributed by atoms with van der Waals surface area (Å²) in [5.74, 6) is 0. The summed E-state index contributed by atoms with van der Waals surface area (Å²) in [4.78, 5) is 0. The zero-order valence-electron chi connectivity index (χ0n) is 10.4. The number of alkyl halides is 3. The highest BCUT2D eigenvalue weighted by Gasteiger charge is 2.34. The monoisotopic (exact) mass is 323 g/mol. The summed E-state index contributed by atoms with van der Waals surface area (Å²) in [7, 11) is 0. The first-order valence-electron chi connectivity index (χ1n) is 6.01. The van der Waals surface area contributed by atoms with Gasteiger partial charge in [-0.3, -0.25) is 0 Å². The van der Waals surface area contributed by atoms with Crippen LogP contribution in [0.4, 0.5) is 18.9 Å². The Morgan fingerprint density at radius 3 is 2.44 bits per heavy atom. The first-order valence-corrected chi connectivity index (χ1v) is 6.81. The van der Waals surface area contributed by atoms with Crippen LogP contribution in [0.3, 0.4) is 0 Å². The molecule has 0 saturated carbocycles. The van der Waals surface area contributed by atoms with Gasteiger partial charge in [0.05, 0.1) is 5.56 Å². The second kappa shape index (κ2) is 6.45. The van der Waals surface area contributed by atoms with Crippen LogP contribution in [-0.4, -0.2) is 6.04 Å². The normalized spacial score (nSPS) is 13.4. The fourth-order valence-corrected chi connectivity index (χ4v) is 2.18. The molecule has 18 heavy (non-hydrogen) atoms. The van der Waals surface area contributed by atoms with Gasteiger partial charge in [-0.25, -0.2) is 0 Å². The maximum absolute atomic E-state index is 12.9. The molecule has 0 aliphatic rings. The number of hydrogen-bond acceptors (Lipinski definition) is 1. The molecule has 5 heteroatoms. The van der Waals surface area contributed by atoms with E-state index in [2.05, 4.69) is 21.2 Å². The third kappa shape index (κ3) is 4.19. The molecule has 0 heterocycles.